The molecule has 0 radical (unpaired) electrons. The highest BCUT2D eigenvalue weighted by molar-refractivity contribution is 7.07. The van der Waals surface area contributed by atoms with Crippen molar-refractivity contribution in [3.8, 4) is 6.07 Å². The summed E-state index contributed by atoms with van der Waals surface area (Å²) in [5, 5.41) is 15.9. The number of hydrogen-bond donors (Lipinski definition) is 1. The van der Waals surface area contributed by atoms with Gasteiger partial charge in [0, 0.05) is 12.2 Å². The molecule has 0 fully saturated rings. The molecule has 1 aromatic heterocycles. The van der Waals surface area contributed by atoms with E-state index in [0.29, 0.717) is 6.54 Å². The third kappa shape index (κ3) is 2.38. The first-order valence-corrected chi connectivity index (χ1v) is 5.68. The Bertz CT molecular complexity index is 514. The first-order chi connectivity index (χ1) is 7.79. The van der Waals surface area contributed by atoms with E-state index in [0.717, 1.165) is 5.69 Å². The molecule has 80 valence electrons. The van der Waals surface area contributed by atoms with Crippen molar-refractivity contribution in [3.05, 3.63) is 52.0 Å². The van der Waals surface area contributed by atoms with Crippen LogP contribution in [0.2, 0.25) is 0 Å². The van der Waals surface area contributed by atoms with Crippen LogP contribution in [0.15, 0.2) is 35.0 Å². The summed E-state index contributed by atoms with van der Waals surface area (Å²) in [6.45, 7) is 0.681. The van der Waals surface area contributed by atoms with Gasteiger partial charge in [0.1, 0.15) is 11.9 Å². The first kappa shape index (κ1) is 10.7. The lowest BCUT2D eigenvalue weighted by Gasteiger charge is -2.05. The van der Waals surface area contributed by atoms with Gasteiger partial charge in [-0.25, -0.2) is 4.39 Å². The molecule has 0 aliphatic heterocycles. The molecule has 1 N–H and O–H groups in total. The van der Waals surface area contributed by atoms with Crippen LogP contribution in [0.1, 0.15) is 11.1 Å². The van der Waals surface area contributed by atoms with Crippen molar-refractivity contribution in [2.45, 2.75) is 6.54 Å². The number of nitrogens with zero attached hydrogens (tertiary/aromatic N) is 1. The Morgan fingerprint density at radius 3 is 2.94 bits per heavy atom. The summed E-state index contributed by atoms with van der Waals surface area (Å²) < 4.78 is 13.0. The second kappa shape index (κ2) is 4.77. The van der Waals surface area contributed by atoms with Crippen LogP contribution in [0.3, 0.4) is 0 Å². The fourth-order valence-electron chi connectivity index (χ4n) is 1.32. The molecule has 1 aromatic carbocycles. The molecule has 0 bridgehead atoms. The lowest BCUT2D eigenvalue weighted by molar-refractivity contribution is 0.624. The molecule has 4 heteroatoms. The van der Waals surface area contributed by atoms with Gasteiger partial charge >= 0.3 is 0 Å². The molecule has 16 heavy (non-hydrogen) atoms. The molecule has 0 unspecified atom stereocenters. The summed E-state index contributed by atoms with van der Waals surface area (Å²) in [5.41, 5.74) is 1.99. The van der Waals surface area contributed by atoms with Crippen molar-refractivity contribution in [1.82, 2.24) is 0 Å². The van der Waals surface area contributed by atoms with Gasteiger partial charge in [0.15, 0.2) is 0 Å². The van der Waals surface area contributed by atoms with E-state index in [1.165, 1.54) is 17.7 Å². The third-order valence-electron chi connectivity index (χ3n) is 2.16. The quantitative estimate of drug-likeness (QED) is 0.880. The minimum atomic E-state index is -0.483. The Balaban J connectivity index is 2.08. The van der Waals surface area contributed by atoms with Crippen LogP contribution in [-0.2, 0) is 6.54 Å². The number of thiophene rings is 1. The molecule has 0 aliphatic rings. The van der Waals surface area contributed by atoms with E-state index in [-0.39, 0.29) is 5.56 Å². The van der Waals surface area contributed by atoms with E-state index >= 15 is 0 Å². The minimum Gasteiger partial charge on any atom is -0.381 e. The number of halogens is 1. The lowest BCUT2D eigenvalue weighted by Crippen LogP contribution is -1.98. The Morgan fingerprint density at radius 2 is 2.25 bits per heavy atom. The van der Waals surface area contributed by atoms with Gasteiger partial charge in [-0.15, -0.1) is 0 Å². The maximum absolute atomic E-state index is 13.0. The molecule has 0 amide bonds. The van der Waals surface area contributed by atoms with E-state index in [2.05, 4.69) is 5.32 Å². The minimum absolute atomic E-state index is 0.0651. The van der Waals surface area contributed by atoms with Gasteiger partial charge in [-0.2, -0.15) is 16.6 Å². The van der Waals surface area contributed by atoms with Crippen LogP contribution < -0.4 is 5.32 Å². The molecule has 2 nitrogen and oxygen atoms in total. The third-order valence-corrected chi connectivity index (χ3v) is 2.90. The largest absolute Gasteiger partial charge is 0.381 e. The highest BCUT2D eigenvalue weighted by Gasteiger charge is 2.02. The van der Waals surface area contributed by atoms with Crippen LogP contribution >= 0.6 is 11.3 Å². The molecule has 0 saturated carbocycles. The summed E-state index contributed by atoms with van der Waals surface area (Å²) in [7, 11) is 0. The van der Waals surface area contributed by atoms with E-state index in [9.17, 15) is 4.39 Å². The fraction of sp³-hybridized carbons (Fsp3) is 0.0833. The van der Waals surface area contributed by atoms with Gasteiger partial charge in [-0.3, -0.25) is 0 Å². The average molecular weight is 232 g/mol. The number of rotatable bonds is 3. The monoisotopic (exact) mass is 232 g/mol. The van der Waals surface area contributed by atoms with Crippen molar-refractivity contribution in [1.29, 1.82) is 5.26 Å². The maximum Gasteiger partial charge on any atom is 0.141 e. The van der Waals surface area contributed by atoms with Gasteiger partial charge in [-0.1, -0.05) is 0 Å². The van der Waals surface area contributed by atoms with Gasteiger partial charge < -0.3 is 5.32 Å². The van der Waals surface area contributed by atoms with Crippen molar-refractivity contribution in [3.63, 3.8) is 0 Å². The molecular weight excluding hydrogens is 223 g/mol. The number of anilines is 1. The van der Waals surface area contributed by atoms with Gasteiger partial charge in [0.25, 0.3) is 0 Å². The van der Waals surface area contributed by atoms with Crippen molar-refractivity contribution in [2.75, 3.05) is 5.32 Å². The summed E-state index contributed by atoms with van der Waals surface area (Å²) in [6, 6.07) is 8.28. The van der Waals surface area contributed by atoms with Gasteiger partial charge in [-0.05, 0) is 40.6 Å². The molecule has 2 aromatic rings. The summed E-state index contributed by atoms with van der Waals surface area (Å²) in [6.07, 6.45) is 0. The SMILES string of the molecule is N#Cc1cc(NCc2ccsc2)ccc1F. The van der Waals surface area contributed by atoms with Crippen molar-refractivity contribution >= 4 is 17.0 Å². The van der Waals surface area contributed by atoms with Gasteiger partial charge in [0.05, 0.1) is 5.56 Å². The second-order valence-electron chi connectivity index (χ2n) is 3.29. The van der Waals surface area contributed by atoms with Crippen LogP contribution in [-0.4, -0.2) is 0 Å². The van der Waals surface area contributed by atoms with E-state index in [1.54, 1.807) is 17.4 Å². The van der Waals surface area contributed by atoms with E-state index in [1.807, 2.05) is 22.9 Å². The molecular formula is C12H9FN2S. The zero-order valence-corrected chi connectivity index (χ0v) is 9.22. The van der Waals surface area contributed by atoms with Crippen LogP contribution in [0.25, 0.3) is 0 Å². The predicted molar refractivity (Wildman–Crippen MR) is 62.8 cm³/mol. The van der Waals surface area contributed by atoms with E-state index in [4.69, 9.17) is 5.26 Å². The summed E-state index contributed by atoms with van der Waals surface area (Å²) >= 11 is 1.63. The Kier molecular flexibility index (Phi) is 3.18. The normalized spacial score (nSPS) is 9.75. The van der Waals surface area contributed by atoms with Crippen molar-refractivity contribution < 1.29 is 4.39 Å². The first-order valence-electron chi connectivity index (χ1n) is 4.74. The Hall–Kier alpha value is -1.86. The van der Waals surface area contributed by atoms with Crippen LogP contribution in [0.4, 0.5) is 10.1 Å². The topological polar surface area (TPSA) is 35.8 Å². The number of hydrogen-bond acceptors (Lipinski definition) is 3. The summed E-state index contributed by atoms with van der Waals surface area (Å²) in [5.74, 6) is -0.483. The highest BCUT2D eigenvalue weighted by Crippen LogP contribution is 2.15. The molecule has 2 rings (SSSR count). The standard InChI is InChI=1S/C12H9FN2S/c13-12-2-1-11(5-10(12)6-14)15-7-9-3-4-16-8-9/h1-5,8,15H,7H2. The molecule has 0 spiro atoms. The fourth-order valence-corrected chi connectivity index (χ4v) is 1.99. The lowest BCUT2D eigenvalue weighted by atomic mass is 10.2. The average Bonchev–Trinajstić information content (AvgIpc) is 2.81. The predicted octanol–water partition coefficient (Wildman–Crippen LogP) is 3.37. The van der Waals surface area contributed by atoms with Gasteiger partial charge in [0.2, 0.25) is 0 Å². The highest BCUT2D eigenvalue weighted by atomic mass is 32.1. The smallest absolute Gasteiger partial charge is 0.141 e. The maximum atomic E-state index is 13.0. The number of benzene rings is 1. The molecule has 0 aliphatic carbocycles. The zero-order valence-electron chi connectivity index (χ0n) is 8.40. The Morgan fingerprint density at radius 1 is 1.38 bits per heavy atom. The van der Waals surface area contributed by atoms with E-state index < -0.39 is 5.82 Å². The zero-order chi connectivity index (χ0) is 11.4. The molecule has 1 heterocycles. The number of nitrogens with one attached hydrogen (secondary N) is 1. The van der Waals surface area contributed by atoms with Crippen LogP contribution in [0.5, 0.6) is 0 Å². The van der Waals surface area contributed by atoms with Crippen molar-refractivity contribution in [2.24, 2.45) is 0 Å². The Labute approximate surface area is 97.0 Å². The number of nitriles is 1. The molecule has 0 saturated heterocycles. The van der Waals surface area contributed by atoms with Crippen LogP contribution in [0, 0.1) is 17.1 Å². The molecule has 0 atom stereocenters. The second-order valence-corrected chi connectivity index (χ2v) is 4.07. The summed E-state index contributed by atoms with van der Waals surface area (Å²) in [4.78, 5) is 0.